The molecule has 0 saturated carbocycles. The second-order valence-electron chi connectivity index (χ2n) is 4.81. The highest BCUT2D eigenvalue weighted by Gasteiger charge is 2.39. The molecule has 114 valence electrons. The van der Waals surface area contributed by atoms with Gasteiger partial charge in [-0.1, -0.05) is 0 Å². The Hall–Kier alpha value is 0.670. The van der Waals surface area contributed by atoms with Crippen LogP contribution < -0.4 is 0 Å². The van der Waals surface area contributed by atoms with E-state index in [2.05, 4.69) is 0 Å². The third-order valence-corrected chi connectivity index (χ3v) is 5.59. The topological polar surface area (TPSA) is 75.6 Å². The zero-order chi connectivity index (χ0) is 13.9. The quantitative estimate of drug-likeness (QED) is 0.661. The van der Waals surface area contributed by atoms with Crippen molar-refractivity contribution in [3.63, 3.8) is 0 Å². The molecule has 0 aromatic heterocycles. The molecule has 6 unspecified atom stereocenters. The highest BCUT2D eigenvalue weighted by molar-refractivity contribution is 8.00. The summed E-state index contributed by atoms with van der Waals surface area (Å²) in [5, 5.41) is 0. The molecule has 7 nitrogen and oxygen atoms in total. The maximum atomic E-state index is 9.78. The summed E-state index contributed by atoms with van der Waals surface area (Å²) in [7, 11) is -3.30. The standard InChI is InChI=1S/C10H17O7P2S/c11-18-14-6-10-9(1-2-12-10)17-19(20)15-5-7-3-8(16-18)4-13-7/h7-11H,1-6H2/q+1. The molecular formula is C10H17O7P2S+. The third-order valence-electron chi connectivity index (χ3n) is 3.37. The van der Waals surface area contributed by atoms with Crippen molar-refractivity contribution in [3.05, 3.63) is 0 Å². The van der Waals surface area contributed by atoms with Crippen LogP contribution in [-0.4, -0.2) is 55.7 Å². The largest absolute Gasteiger partial charge is 0.522 e. The van der Waals surface area contributed by atoms with Crippen LogP contribution in [0.1, 0.15) is 12.8 Å². The summed E-state index contributed by atoms with van der Waals surface area (Å²) in [6, 6.07) is 0. The van der Waals surface area contributed by atoms with E-state index in [1.807, 2.05) is 0 Å². The van der Waals surface area contributed by atoms with E-state index in [1.165, 1.54) is 0 Å². The number of rotatable bonds is 0. The van der Waals surface area contributed by atoms with Gasteiger partial charge >= 0.3 is 15.8 Å². The minimum Gasteiger partial charge on any atom is -0.373 e. The van der Waals surface area contributed by atoms with E-state index < -0.39 is 15.8 Å². The lowest BCUT2D eigenvalue weighted by Gasteiger charge is -2.18. The van der Waals surface area contributed by atoms with Crippen molar-refractivity contribution in [2.24, 2.45) is 0 Å². The molecule has 20 heavy (non-hydrogen) atoms. The average Bonchev–Trinajstić information content (AvgIpc) is 3.03. The van der Waals surface area contributed by atoms with E-state index in [9.17, 15) is 4.89 Å². The normalized spacial score (nSPS) is 45.2. The molecular weight excluding hydrogens is 326 g/mol. The molecule has 0 spiro atoms. The van der Waals surface area contributed by atoms with Crippen LogP contribution in [0.15, 0.2) is 0 Å². The molecule has 6 atom stereocenters. The second-order valence-corrected chi connectivity index (χ2v) is 7.57. The van der Waals surface area contributed by atoms with Gasteiger partial charge in [0, 0.05) is 19.4 Å². The zero-order valence-electron chi connectivity index (χ0n) is 10.8. The fraction of sp³-hybridized carbons (Fsp3) is 1.00. The summed E-state index contributed by atoms with van der Waals surface area (Å²) in [6.45, 7) is 1.63. The lowest BCUT2D eigenvalue weighted by molar-refractivity contribution is 0.00738. The molecule has 3 fully saturated rings. The van der Waals surface area contributed by atoms with Crippen LogP contribution in [0.3, 0.4) is 0 Å². The number of hydrogen-bond donors (Lipinski definition) is 1. The molecule has 3 rings (SSSR count). The predicted octanol–water partition coefficient (Wildman–Crippen LogP) is 1.37. The summed E-state index contributed by atoms with van der Waals surface area (Å²) < 4.78 is 33.1. The molecule has 0 amide bonds. The van der Waals surface area contributed by atoms with Gasteiger partial charge in [0.15, 0.2) is 0 Å². The second kappa shape index (κ2) is 7.29. The average molecular weight is 343 g/mol. The summed E-state index contributed by atoms with van der Waals surface area (Å²) in [5.41, 5.74) is 0. The van der Waals surface area contributed by atoms with E-state index in [0.717, 1.165) is 6.42 Å². The van der Waals surface area contributed by atoms with Crippen molar-refractivity contribution in [2.45, 2.75) is 37.3 Å². The summed E-state index contributed by atoms with van der Waals surface area (Å²) in [6.07, 6.45) is 0.779. The molecule has 0 aromatic carbocycles. The Morgan fingerprint density at radius 3 is 2.90 bits per heavy atom. The SMILES string of the molecule is OP1OCC2OCCC2O[P+](=S)OCC2CC(CO2)O1. The van der Waals surface area contributed by atoms with Crippen LogP contribution >= 0.6 is 15.8 Å². The van der Waals surface area contributed by atoms with Crippen molar-refractivity contribution in [1.29, 1.82) is 0 Å². The van der Waals surface area contributed by atoms with Gasteiger partial charge in [0.1, 0.15) is 18.8 Å². The molecule has 3 heterocycles. The van der Waals surface area contributed by atoms with Crippen molar-refractivity contribution < 1.29 is 32.5 Å². The lowest BCUT2D eigenvalue weighted by atomic mass is 10.2. The van der Waals surface area contributed by atoms with Crippen molar-refractivity contribution >= 4 is 27.6 Å². The first-order valence-electron chi connectivity index (χ1n) is 6.49. The molecule has 3 saturated heterocycles. The molecule has 10 heteroatoms. The van der Waals surface area contributed by atoms with Gasteiger partial charge in [-0.2, -0.15) is 0 Å². The van der Waals surface area contributed by atoms with Gasteiger partial charge in [0.25, 0.3) is 0 Å². The number of ether oxygens (including phenoxy) is 2. The first kappa shape index (κ1) is 15.6. The summed E-state index contributed by atoms with van der Waals surface area (Å²) >= 11 is 5.21. The van der Waals surface area contributed by atoms with Crippen LogP contribution in [0, 0.1) is 0 Å². The van der Waals surface area contributed by atoms with Gasteiger partial charge in [0.05, 0.1) is 25.4 Å². The first-order chi connectivity index (χ1) is 9.70. The van der Waals surface area contributed by atoms with E-state index in [4.69, 9.17) is 39.4 Å². The Morgan fingerprint density at radius 1 is 1.10 bits per heavy atom. The monoisotopic (exact) mass is 343 g/mol. The highest BCUT2D eigenvalue weighted by Crippen LogP contribution is 2.40. The van der Waals surface area contributed by atoms with Gasteiger partial charge in [-0.15, -0.1) is 9.05 Å². The van der Waals surface area contributed by atoms with E-state index in [-0.39, 0.29) is 31.0 Å². The minimum atomic E-state index is -1.92. The fourth-order valence-corrected chi connectivity index (χ4v) is 4.41. The van der Waals surface area contributed by atoms with Crippen LogP contribution in [0.25, 0.3) is 0 Å². The first-order valence-corrected chi connectivity index (χ1v) is 9.81. The van der Waals surface area contributed by atoms with Gasteiger partial charge < -0.3 is 23.4 Å². The lowest BCUT2D eigenvalue weighted by Crippen LogP contribution is -2.27. The van der Waals surface area contributed by atoms with Crippen LogP contribution in [0.4, 0.5) is 0 Å². The minimum absolute atomic E-state index is 0.0728. The summed E-state index contributed by atoms with van der Waals surface area (Å²) in [4.78, 5) is 9.78. The van der Waals surface area contributed by atoms with Crippen LogP contribution in [0.5, 0.6) is 0 Å². The number of fused-ring (bicyclic) bond motifs is 3. The maximum absolute atomic E-state index is 9.78. The van der Waals surface area contributed by atoms with Gasteiger partial charge in [-0.05, 0) is 0 Å². The highest BCUT2D eigenvalue weighted by atomic mass is 32.4. The van der Waals surface area contributed by atoms with Gasteiger partial charge in [0.2, 0.25) is 11.8 Å². The Morgan fingerprint density at radius 2 is 2.00 bits per heavy atom. The van der Waals surface area contributed by atoms with Crippen molar-refractivity contribution in [1.82, 2.24) is 0 Å². The predicted molar refractivity (Wildman–Crippen MR) is 73.8 cm³/mol. The summed E-state index contributed by atoms with van der Waals surface area (Å²) in [5.74, 6) is 0. The smallest absolute Gasteiger partial charge is 0.373 e. The van der Waals surface area contributed by atoms with Gasteiger partial charge in [-0.3, -0.25) is 0 Å². The fourth-order valence-electron chi connectivity index (χ4n) is 2.35. The molecule has 2 bridgehead atoms. The Labute approximate surface area is 124 Å². The molecule has 0 radical (unpaired) electrons. The van der Waals surface area contributed by atoms with Crippen LogP contribution in [0.2, 0.25) is 0 Å². The number of hydrogen-bond acceptors (Lipinski definition) is 8. The van der Waals surface area contributed by atoms with E-state index in [1.54, 1.807) is 0 Å². The zero-order valence-corrected chi connectivity index (χ0v) is 13.4. The van der Waals surface area contributed by atoms with Crippen molar-refractivity contribution in [3.8, 4) is 0 Å². The molecule has 3 aliphatic rings. The van der Waals surface area contributed by atoms with Crippen molar-refractivity contribution in [2.75, 3.05) is 26.4 Å². The molecule has 0 aliphatic carbocycles. The van der Waals surface area contributed by atoms with E-state index in [0.29, 0.717) is 26.2 Å². The Bertz CT molecular complexity index is 360. The molecule has 1 N–H and O–H groups in total. The maximum Gasteiger partial charge on any atom is 0.522 e. The Balaban J connectivity index is 1.64. The third kappa shape index (κ3) is 4.11. The molecule has 3 aliphatic heterocycles. The van der Waals surface area contributed by atoms with E-state index >= 15 is 0 Å². The molecule has 0 aromatic rings. The Kier molecular flexibility index (Phi) is 5.67. The van der Waals surface area contributed by atoms with Gasteiger partial charge in [-0.25, -0.2) is 0 Å². The van der Waals surface area contributed by atoms with Crippen LogP contribution in [-0.2, 0) is 39.4 Å².